The number of benzene rings is 2. The molecule has 0 unspecified atom stereocenters. The Labute approximate surface area is 146 Å². The molecule has 1 heterocycles. The Morgan fingerprint density at radius 1 is 0.960 bits per heavy atom. The molecule has 0 radical (unpaired) electrons. The quantitative estimate of drug-likeness (QED) is 0.646. The number of anilines is 1. The van der Waals surface area contributed by atoms with Gasteiger partial charge in [0.2, 0.25) is 0 Å². The van der Waals surface area contributed by atoms with Crippen LogP contribution >= 0.6 is 0 Å². The van der Waals surface area contributed by atoms with E-state index in [4.69, 9.17) is 0 Å². The predicted molar refractivity (Wildman–Crippen MR) is 97.3 cm³/mol. The molecule has 0 aliphatic rings. The van der Waals surface area contributed by atoms with E-state index >= 15 is 0 Å². The highest BCUT2D eigenvalue weighted by molar-refractivity contribution is 6.03. The molecule has 3 rings (SSSR count). The molecule has 1 aromatic heterocycles. The highest BCUT2D eigenvalue weighted by atomic mass is 19.1. The van der Waals surface area contributed by atoms with Crippen molar-refractivity contribution in [2.24, 2.45) is 0 Å². The lowest BCUT2D eigenvalue weighted by Crippen LogP contribution is -2.29. The number of nitrogens with zero attached hydrogens (tertiary/aromatic N) is 2. The maximum Gasteiger partial charge on any atom is 0.252 e. The second-order valence-electron chi connectivity index (χ2n) is 5.45. The minimum atomic E-state index is -0.362. The van der Waals surface area contributed by atoms with Crippen molar-refractivity contribution >= 4 is 17.8 Å². The Balaban J connectivity index is 1.86. The number of carbonyl (C=O) groups excluding carboxylic acids is 1. The van der Waals surface area contributed by atoms with E-state index in [1.54, 1.807) is 41.4 Å². The Bertz CT molecular complexity index is 863. The number of carbonyl (C=O) groups is 1. The third-order valence-electron chi connectivity index (χ3n) is 3.69. The van der Waals surface area contributed by atoms with Crippen LogP contribution in [0.1, 0.15) is 11.1 Å². The predicted octanol–water partition coefficient (Wildman–Crippen LogP) is 4.47. The zero-order chi connectivity index (χ0) is 17.5. The van der Waals surface area contributed by atoms with Crippen LogP contribution in [0.3, 0.4) is 0 Å². The number of halogens is 1. The van der Waals surface area contributed by atoms with Crippen molar-refractivity contribution in [3.63, 3.8) is 0 Å². The van der Waals surface area contributed by atoms with Crippen LogP contribution in [0.15, 0.2) is 85.1 Å². The average Bonchev–Trinajstić information content (AvgIpc) is 2.67. The number of amides is 1. The van der Waals surface area contributed by atoms with Gasteiger partial charge in [0, 0.05) is 17.8 Å². The van der Waals surface area contributed by atoms with Crippen molar-refractivity contribution in [1.82, 2.24) is 4.98 Å². The molecule has 0 N–H and O–H groups in total. The third-order valence-corrected chi connectivity index (χ3v) is 3.69. The number of hydrogen-bond acceptors (Lipinski definition) is 2. The zero-order valence-electron chi connectivity index (χ0n) is 13.5. The molecule has 124 valence electrons. The Hall–Kier alpha value is -3.27. The molecule has 2 aromatic carbocycles. The van der Waals surface area contributed by atoms with Gasteiger partial charge >= 0.3 is 0 Å². The van der Waals surface area contributed by atoms with Crippen LogP contribution in [0.4, 0.5) is 10.2 Å². The zero-order valence-corrected chi connectivity index (χ0v) is 13.5. The monoisotopic (exact) mass is 332 g/mol. The summed E-state index contributed by atoms with van der Waals surface area (Å²) in [6.45, 7) is 0.387. The first-order chi connectivity index (χ1) is 12.2. The molecule has 0 aliphatic carbocycles. The van der Waals surface area contributed by atoms with Crippen molar-refractivity contribution in [3.05, 3.63) is 102 Å². The molecular weight excluding hydrogens is 315 g/mol. The first-order valence-electron chi connectivity index (χ1n) is 7.93. The summed E-state index contributed by atoms with van der Waals surface area (Å²) < 4.78 is 13.7. The standard InChI is InChI=1S/C21H17FN2O/c22-19-11-5-4-10-18(19)13-14-21(25)24(20-12-6-7-15-23-20)16-17-8-2-1-3-9-17/h1-15H,16H2. The van der Waals surface area contributed by atoms with E-state index in [-0.39, 0.29) is 11.7 Å². The van der Waals surface area contributed by atoms with Gasteiger partial charge in [0.05, 0.1) is 6.54 Å². The summed E-state index contributed by atoms with van der Waals surface area (Å²) in [6, 6.07) is 21.4. The molecule has 0 aliphatic heterocycles. The van der Waals surface area contributed by atoms with Gasteiger partial charge in [0.1, 0.15) is 11.6 Å². The van der Waals surface area contributed by atoms with Crippen LogP contribution in [0.2, 0.25) is 0 Å². The third kappa shape index (κ3) is 4.38. The second-order valence-corrected chi connectivity index (χ2v) is 5.45. The lowest BCUT2D eigenvalue weighted by molar-refractivity contribution is -0.114. The van der Waals surface area contributed by atoms with Gasteiger partial charge in [-0.15, -0.1) is 0 Å². The molecule has 1 amide bonds. The first kappa shape index (κ1) is 16.6. The van der Waals surface area contributed by atoms with E-state index in [0.717, 1.165) is 5.56 Å². The molecule has 3 aromatic rings. The van der Waals surface area contributed by atoms with Gasteiger partial charge in [0.25, 0.3) is 5.91 Å². The van der Waals surface area contributed by atoms with Crippen molar-refractivity contribution in [2.45, 2.75) is 6.54 Å². The van der Waals surface area contributed by atoms with Crippen LogP contribution < -0.4 is 4.90 Å². The number of pyridine rings is 1. The van der Waals surface area contributed by atoms with E-state index in [1.807, 2.05) is 36.4 Å². The lowest BCUT2D eigenvalue weighted by atomic mass is 10.2. The summed E-state index contributed by atoms with van der Waals surface area (Å²) in [5, 5.41) is 0. The van der Waals surface area contributed by atoms with Gasteiger partial charge in [-0.3, -0.25) is 9.69 Å². The van der Waals surface area contributed by atoms with Gasteiger partial charge in [-0.2, -0.15) is 0 Å². The Morgan fingerprint density at radius 2 is 1.68 bits per heavy atom. The van der Waals surface area contributed by atoms with Crippen LogP contribution in [-0.2, 0) is 11.3 Å². The van der Waals surface area contributed by atoms with Crippen molar-refractivity contribution in [3.8, 4) is 0 Å². The minimum absolute atomic E-state index is 0.259. The normalized spacial score (nSPS) is 10.8. The highest BCUT2D eigenvalue weighted by Crippen LogP contribution is 2.16. The summed E-state index contributed by atoms with van der Waals surface area (Å²) in [5.41, 5.74) is 1.36. The number of hydrogen-bond donors (Lipinski definition) is 0. The largest absolute Gasteiger partial charge is 0.289 e. The molecule has 3 nitrogen and oxygen atoms in total. The fourth-order valence-corrected chi connectivity index (χ4v) is 2.41. The van der Waals surface area contributed by atoms with E-state index < -0.39 is 0 Å². The SMILES string of the molecule is O=C(C=Cc1ccccc1F)N(Cc1ccccc1)c1ccccn1. The second kappa shape index (κ2) is 8.02. The van der Waals surface area contributed by atoms with Crippen molar-refractivity contribution in [1.29, 1.82) is 0 Å². The summed E-state index contributed by atoms with van der Waals surface area (Å²) in [4.78, 5) is 18.5. The van der Waals surface area contributed by atoms with Gasteiger partial charge in [0.15, 0.2) is 0 Å². The maximum absolute atomic E-state index is 13.7. The van der Waals surface area contributed by atoms with Gasteiger partial charge in [-0.25, -0.2) is 9.37 Å². The molecule has 25 heavy (non-hydrogen) atoms. The lowest BCUT2D eigenvalue weighted by Gasteiger charge is -2.20. The molecule has 0 atom stereocenters. The van der Waals surface area contributed by atoms with Crippen molar-refractivity contribution < 1.29 is 9.18 Å². The first-order valence-corrected chi connectivity index (χ1v) is 7.93. The van der Waals surface area contributed by atoms with Crippen LogP contribution in [0, 0.1) is 5.82 Å². The summed E-state index contributed by atoms with van der Waals surface area (Å²) in [7, 11) is 0. The molecule has 0 saturated carbocycles. The fourth-order valence-electron chi connectivity index (χ4n) is 2.41. The van der Waals surface area contributed by atoms with Crippen LogP contribution in [0.25, 0.3) is 6.08 Å². The minimum Gasteiger partial charge on any atom is -0.289 e. The molecule has 4 heteroatoms. The van der Waals surface area contributed by atoms with Gasteiger partial charge in [-0.1, -0.05) is 54.6 Å². The maximum atomic E-state index is 13.7. The molecule has 0 saturated heterocycles. The van der Waals surface area contributed by atoms with Gasteiger partial charge in [-0.05, 0) is 29.8 Å². The average molecular weight is 332 g/mol. The van der Waals surface area contributed by atoms with Crippen LogP contribution in [0.5, 0.6) is 0 Å². The number of rotatable bonds is 5. The summed E-state index contributed by atoms with van der Waals surface area (Å²) in [5.74, 6) is -0.0701. The number of aromatic nitrogens is 1. The van der Waals surface area contributed by atoms with Crippen LogP contribution in [-0.4, -0.2) is 10.9 Å². The highest BCUT2D eigenvalue weighted by Gasteiger charge is 2.15. The fraction of sp³-hybridized carbons (Fsp3) is 0.0476. The van der Waals surface area contributed by atoms with E-state index in [2.05, 4.69) is 4.98 Å². The smallest absolute Gasteiger partial charge is 0.252 e. The van der Waals surface area contributed by atoms with Crippen molar-refractivity contribution in [2.75, 3.05) is 4.90 Å². The van der Waals surface area contributed by atoms with E-state index in [9.17, 15) is 9.18 Å². The van der Waals surface area contributed by atoms with E-state index in [1.165, 1.54) is 18.2 Å². The summed E-state index contributed by atoms with van der Waals surface area (Å²) in [6.07, 6.45) is 4.50. The topological polar surface area (TPSA) is 33.2 Å². The summed E-state index contributed by atoms with van der Waals surface area (Å²) >= 11 is 0. The van der Waals surface area contributed by atoms with E-state index in [0.29, 0.717) is 17.9 Å². The molecule has 0 fully saturated rings. The van der Waals surface area contributed by atoms with Gasteiger partial charge < -0.3 is 0 Å². The molecular formula is C21H17FN2O. The Kier molecular flexibility index (Phi) is 5.32. The molecule has 0 spiro atoms. The Morgan fingerprint density at radius 3 is 2.40 bits per heavy atom. The molecule has 0 bridgehead atoms.